The van der Waals surface area contributed by atoms with Crippen molar-refractivity contribution < 1.29 is 14.3 Å². The lowest BCUT2D eigenvalue weighted by Gasteiger charge is -2.33. The summed E-state index contributed by atoms with van der Waals surface area (Å²) in [7, 11) is 0. The van der Waals surface area contributed by atoms with Gasteiger partial charge in [-0.25, -0.2) is 0 Å². The van der Waals surface area contributed by atoms with E-state index in [1.165, 1.54) is 0 Å². The number of carbonyl (C=O) groups excluding carboxylic acids is 2. The van der Waals surface area contributed by atoms with Gasteiger partial charge in [0, 0.05) is 26.2 Å². The number of nitrogens with zero attached hydrogens (tertiary/aromatic N) is 3. The van der Waals surface area contributed by atoms with Crippen LogP contribution in [-0.4, -0.2) is 60.9 Å². The highest BCUT2D eigenvalue weighted by Crippen LogP contribution is 2.12. The molecule has 0 aliphatic carbocycles. The second kappa shape index (κ2) is 7.43. The molecule has 1 aliphatic heterocycles. The van der Waals surface area contributed by atoms with Gasteiger partial charge in [-0.2, -0.15) is 5.26 Å². The van der Waals surface area contributed by atoms with Crippen LogP contribution in [0.2, 0.25) is 0 Å². The molecule has 0 unspecified atom stereocenters. The minimum atomic E-state index is -0.357. The average molecular weight is 302 g/mol. The fourth-order valence-electron chi connectivity index (χ4n) is 2.24. The van der Waals surface area contributed by atoms with Gasteiger partial charge in [-0.05, 0) is 24.3 Å². The highest BCUT2D eigenvalue weighted by atomic mass is 16.5. The van der Waals surface area contributed by atoms with E-state index in [0.717, 1.165) is 0 Å². The third kappa shape index (κ3) is 4.46. The molecule has 0 radical (unpaired) electrons. The summed E-state index contributed by atoms with van der Waals surface area (Å²) in [5, 5.41) is 8.71. The molecule has 2 N–H and O–H groups in total. The van der Waals surface area contributed by atoms with Crippen LogP contribution in [0.25, 0.3) is 0 Å². The lowest BCUT2D eigenvalue weighted by molar-refractivity contribution is -0.135. The molecule has 2 amide bonds. The Morgan fingerprint density at radius 2 is 1.82 bits per heavy atom. The van der Waals surface area contributed by atoms with Crippen molar-refractivity contribution in [3.63, 3.8) is 0 Å². The quantitative estimate of drug-likeness (QED) is 0.795. The number of rotatable bonds is 5. The minimum Gasteiger partial charge on any atom is -0.484 e. The molecule has 1 saturated heterocycles. The van der Waals surface area contributed by atoms with Gasteiger partial charge in [0.25, 0.3) is 5.91 Å². The topological polar surface area (TPSA) is 99.7 Å². The summed E-state index contributed by atoms with van der Waals surface area (Å²) in [6.07, 6.45) is 0. The number of hydrogen-bond acceptors (Lipinski definition) is 5. The number of benzene rings is 1. The third-order valence-corrected chi connectivity index (χ3v) is 3.45. The van der Waals surface area contributed by atoms with Crippen molar-refractivity contribution in [1.82, 2.24) is 9.80 Å². The molecule has 7 heteroatoms. The summed E-state index contributed by atoms with van der Waals surface area (Å²) in [6, 6.07) is 8.63. The smallest absolute Gasteiger partial charge is 0.260 e. The number of ether oxygens (including phenoxy) is 1. The van der Waals surface area contributed by atoms with Gasteiger partial charge in [0.15, 0.2) is 6.61 Å². The maximum absolute atomic E-state index is 12.1. The summed E-state index contributed by atoms with van der Waals surface area (Å²) in [4.78, 5) is 26.5. The Bertz CT molecular complexity index is 571. The first kappa shape index (κ1) is 15.8. The van der Waals surface area contributed by atoms with Crippen molar-refractivity contribution in [2.75, 3.05) is 39.3 Å². The molecule has 0 saturated carbocycles. The summed E-state index contributed by atoms with van der Waals surface area (Å²) >= 11 is 0. The molecule has 1 fully saturated rings. The molecule has 0 bridgehead atoms. The Morgan fingerprint density at radius 1 is 1.18 bits per heavy atom. The number of nitrogens with two attached hydrogens (primary N) is 1. The van der Waals surface area contributed by atoms with Gasteiger partial charge in [-0.15, -0.1) is 0 Å². The zero-order valence-electron chi connectivity index (χ0n) is 12.2. The summed E-state index contributed by atoms with van der Waals surface area (Å²) in [5.41, 5.74) is 5.69. The van der Waals surface area contributed by atoms with Crippen LogP contribution < -0.4 is 10.5 Å². The van der Waals surface area contributed by atoms with Gasteiger partial charge >= 0.3 is 0 Å². The fourth-order valence-corrected chi connectivity index (χ4v) is 2.24. The van der Waals surface area contributed by atoms with Crippen molar-refractivity contribution in [3.8, 4) is 11.8 Å². The molecule has 22 heavy (non-hydrogen) atoms. The van der Waals surface area contributed by atoms with Gasteiger partial charge in [0.2, 0.25) is 5.91 Å². The maximum atomic E-state index is 12.1. The van der Waals surface area contributed by atoms with E-state index in [0.29, 0.717) is 37.5 Å². The van der Waals surface area contributed by atoms with Crippen molar-refractivity contribution in [1.29, 1.82) is 5.26 Å². The monoisotopic (exact) mass is 302 g/mol. The van der Waals surface area contributed by atoms with Crippen molar-refractivity contribution in [3.05, 3.63) is 29.8 Å². The summed E-state index contributed by atoms with van der Waals surface area (Å²) in [6.45, 7) is 2.56. The lowest BCUT2D eigenvalue weighted by atomic mass is 10.2. The van der Waals surface area contributed by atoms with Crippen LogP contribution >= 0.6 is 0 Å². The van der Waals surface area contributed by atoms with Gasteiger partial charge in [0.05, 0.1) is 18.2 Å². The minimum absolute atomic E-state index is 0.0400. The molecule has 1 aliphatic rings. The Hall–Kier alpha value is -2.59. The third-order valence-electron chi connectivity index (χ3n) is 3.45. The normalized spacial score (nSPS) is 15.1. The lowest BCUT2D eigenvalue weighted by Crippen LogP contribution is -2.51. The van der Waals surface area contributed by atoms with Crippen LogP contribution in [0, 0.1) is 11.3 Å². The molecular weight excluding hydrogens is 284 g/mol. The number of hydrogen-bond donors (Lipinski definition) is 1. The summed E-state index contributed by atoms with van der Waals surface area (Å²) < 4.78 is 5.42. The van der Waals surface area contributed by atoms with E-state index in [-0.39, 0.29) is 25.0 Å². The predicted molar refractivity (Wildman–Crippen MR) is 78.9 cm³/mol. The van der Waals surface area contributed by atoms with E-state index in [1.54, 1.807) is 29.2 Å². The molecule has 1 aromatic carbocycles. The Kier molecular flexibility index (Phi) is 5.33. The molecule has 116 valence electrons. The van der Waals surface area contributed by atoms with E-state index >= 15 is 0 Å². The number of carbonyl (C=O) groups is 2. The molecule has 0 atom stereocenters. The van der Waals surface area contributed by atoms with Crippen LogP contribution in [0.3, 0.4) is 0 Å². The Morgan fingerprint density at radius 3 is 2.36 bits per heavy atom. The molecule has 0 aromatic heterocycles. The number of nitriles is 1. The largest absolute Gasteiger partial charge is 0.484 e. The SMILES string of the molecule is N#Cc1ccc(OCC(=O)N2CCN(CC(N)=O)CC2)cc1. The first-order valence-electron chi connectivity index (χ1n) is 7.00. The predicted octanol–water partition coefficient (Wildman–Crippen LogP) is -0.433. The fraction of sp³-hybridized carbons (Fsp3) is 0.400. The van der Waals surface area contributed by atoms with E-state index in [4.69, 9.17) is 15.7 Å². The van der Waals surface area contributed by atoms with Gasteiger partial charge in [0.1, 0.15) is 5.75 Å². The molecule has 2 rings (SSSR count). The highest BCUT2D eigenvalue weighted by molar-refractivity contribution is 5.78. The zero-order chi connectivity index (χ0) is 15.9. The first-order valence-corrected chi connectivity index (χ1v) is 7.00. The number of primary amides is 1. The zero-order valence-corrected chi connectivity index (χ0v) is 12.2. The van der Waals surface area contributed by atoms with Crippen LogP contribution in [-0.2, 0) is 9.59 Å². The Balaban J connectivity index is 1.76. The van der Waals surface area contributed by atoms with Crippen LogP contribution in [0.15, 0.2) is 24.3 Å². The Labute approximate surface area is 128 Å². The first-order chi connectivity index (χ1) is 10.6. The van der Waals surface area contributed by atoms with Crippen molar-refractivity contribution in [2.24, 2.45) is 5.73 Å². The standard InChI is InChI=1S/C15H18N4O3/c16-9-12-1-3-13(4-2-12)22-11-15(21)19-7-5-18(6-8-19)10-14(17)20/h1-4H,5-8,10-11H2,(H2,17,20). The van der Waals surface area contributed by atoms with Crippen LogP contribution in [0.5, 0.6) is 5.75 Å². The van der Waals surface area contributed by atoms with E-state index in [1.807, 2.05) is 11.0 Å². The molecule has 1 aromatic rings. The van der Waals surface area contributed by atoms with Gasteiger partial charge in [-0.1, -0.05) is 0 Å². The average Bonchev–Trinajstić information content (AvgIpc) is 2.53. The van der Waals surface area contributed by atoms with Crippen molar-refractivity contribution >= 4 is 11.8 Å². The van der Waals surface area contributed by atoms with Gasteiger partial charge < -0.3 is 15.4 Å². The van der Waals surface area contributed by atoms with E-state index in [9.17, 15) is 9.59 Å². The maximum Gasteiger partial charge on any atom is 0.260 e. The molecule has 7 nitrogen and oxygen atoms in total. The second-order valence-electron chi connectivity index (χ2n) is 5.05. The molecular formula is C15H18N4O3. The number of amides is 2. The highest BCUT2D eigenvalue weighted by Gasteiger charge is 2.22. The number of piperazine rings is 1. The van der Waals surface area contributed by atoms with E-state index in [2.05, 4.69) is 0 Å². The van der Waals surface area contributed by atoms with Crippen LogP contribution in [0.1, 0.15) is 5.56 Å². The van der Waals surface area contributed by atoms with E-state index < -0.39 is 0 Å². The summed E-state index contributed by atoms with van der Waals surface area (Å²) in [5.74, 6) is 0.103. The van der Waals surface area contributed by atoms with Crippen LogP contribution in [0.4, 0.5) is 0 Å². The second-order valence-corrected chi connectivity index (χ2v) is 5.05. The van der Waals surface area contributed by atoms with Crippen molar-refractivity contribution in [2.45, 2.75) is 0 Å². The van der Waals surface area contributed by atoms with Gasteiger partial charge in [-0.3, -0.25) is 14.5 Å². The molecule has 1 heterocycles. The molecule has 0 spiro atoms.